The minimum absolute atomic E-state index is 0.143. The maximum atomic E-state index is 13.5. The number of aryl methyl sites for hydroxylation is 1. The highest BCUT2D eigenvalue weighted by Gasteiger charge is 2.29. The molecule has 0 saturated heterocycles. The van der Waals surface area contributed by atoms with Crippen LogP contribution in [0.15, 0.2) is 53.3 Å². The molecule has 0 saturated carbocycles. The molecule has 16 nitrogen and oxygen atoms in total. The summed E-state index contributed by atoms with van der Waals surface area (Å²) in [7, 11) is 3.05. The molecule has 1 aliphatic heterocycles. The van der Waals surface area contributed by atoms with E-state index in [9.17, 15) is 14.4 Å². The Morgan fingerprint density at radius 2 is 1.45 bits per heavy atom. The number of nitrogens with one attached hydrogen (secondary N) is 1. The van der Waals surface area contributed by atoms with Gasteiger partial charge < -0.3 is 64.1 Å². The Bertz CT molecular complexity index is 2120. The quantitative estimate of drug-likeness (QED) is 0.0332. The minimum atomic E-state index is -0.934. The number of nitrogens with two attached hydrogens (primary N) is 2. The van der Waals surface area contributed by atoms with Gasteiger partial charge in [0.25, 0.3) is 5.56 Å². The van der Waals surface area contributed by atoms with Gasteiger partial charge in [-0.15, -0.1) is 0 Å². The van der Waals surface area contributed by atoms with Crippen molar-refractivity contribution in [3.63, 3.8) is 0 Å². The van der Waals surface area contributed by atoms with E-state index in [0.29, 0.717) is 121 Å². The Balaban J connectivity index is 0.000000334. The van der Waals surface area contributed by atoms with Gasteiger partial charge in [-0.2, -0.15) is 0 Å². The second-order valence-corrected chi connectivity index (χ2v) is 15.0. The third-order valence-corrected chi connectivity index (χ3v) is 10.0. The topological polar surface area (TPSA) is 219 Å². The van der Waals surface area contributed by atoms with Crippen LogP contribution in [0.3, 0.4) is 0 Å². The summed E-state index contributed by atoms with van der Waals surface area (Å²) >= 11 is 0. The number of fused-ring (bicyclic) bond motifs is 4. The highest BCUT2D eigenvalue weighted by Crippen LogP contribution is 2.38. The number of pyridine rings is 2. The Kier molecular flexibility index (Phi) is 24.0. The Labute approximate surface area is 377 Å². The molecule has 1 aliphatic rings. The third-order valence-electron chi connectivity index (χ3n) is 10.0. The second-order valence-electron chi connectivity index (χ2n) is 15.0. The Morgan fingerprint density at radius 1 is 0.859 bits per heavy atom. The molecule has 1 unspecified atom stereocenters. The molecule has 64 heavy (non-hydrogen) atoms. The zero-order valence-electron chi connectivity index (χ0n) is 38.7. The van der Waals surface area contributed by atoms with Crippen LogP contribution < -0.4 is 26.5 Å². The highest BCUT2D eigenvalue weighted by atomic mass is 16.6. The molecule has 0 aliphatic carbocycles. The predicted octanol–water partition coefficient (Wildman–Crippen LogP) is 5.25. The molecule has 0 bridgehead atoms. The van der Waals surface area contributed by atoms with Gasteiger partial charge in [-0.05, 0) is 88.2 Å². The van der Waals surface area contributed by atoms with Gasteiger partial charge in [0, 0.05) is 47.4 Å². The van der Waals surface area contributed by atoms with Crippen molar-refractivity contribution in [1.29, 1.82) is 5.41 Å². The van der Waals surface area contributed by atoms with Gasteiger partial charge >= 0.3 is 0 Å². The molecule has 352 valence electrons. The molecule has 1 atom stereocenters. The number of aromatic nitrogens is 2. The summed E-state index contributed by atoms with van der Waals surface area (Å²) in [6.07, 6.45) is 3.02. The number of benzene rings is 2. The van der Waals surface area contributed by atoms with Crippen molar-refractivity contribution in [3.05, 3.63) is 86.7 Å². The van der Waals surface area contributed by atoms with Crippen LogP contribution in [0.1, 0.15) is 74.8 Å². The van der Waals surface area contributed by atoms with E-state index in [-0.39, 0.29) is 18.1 Å². The molecule has 2 aromatic heterocycles. The number of nitrogens with zero attached hydrogens (tertiary/aromatic N) is 2. The lowest BCUT2D eigenvalue weighted by molar-refractivity contribution is -0.119. The molecule has 16 heteroatoms. The summed E-state index contributed by atoms with van der Waals surface area (Å²) in [5.41, 5.74) is 15.6. The summed E-state index contributed by atoms with van der Waals surface area (Å²) < 4.78 is 45.4. The Morgan fingerprint density at radius 3 is 1.98 bits per heavy atom. The molecule has 5 N–H and O–H groups in total. The molecule has 2 aromatic carbocycles. The molecular weight excluding hydrogens is 823 g/mol. The third kappa shape index (κ3) is 15.7. The standard InChI is InChI=1S/C27H30N2O5.C20H34N2O6.CH5N/c1-6-16(13-30)19-11-24-25-21(12-29(24)26(32)22(19)14-33-5)18(7-2)20-10-17(8-9-23(20)28-25)34-27(3,4)15-31;1-18(22)19-4-2-3-5-20(19)28-17-16-27-15-14-26-13-12-25-11-10-24-9-8-23-7-6-21;1-2/h8-11,13,15-16H,6-7,12,14H2,1-5H3;2-5,22H,6-17,21H2,1H3;2H2,1H3. The fourth-order valence-electron chi connectivity index (χ4n) is 6.93. The number of para-hydroxylation sites is 1. The van der Waals surface area contributed by atoms with Gasteiger partial charge in [0.1, 0.15) is 24.4 Å². The minimum Gasteiger partial charge on any atom is -0.490 e. The number of carbonyl (C=O) groups is 2. The fourth-order valence-corrected chi connectivity index (χ4v) is 6.93. The average Bonchev–Trinajstić information content (AvgIpc) is 3.67. The first-order valence-corrected chi connectivity index (χ1v) is 21.8. The SMILES string of the molecule is CC(=N)c1ccccc1OCCOCCOCCOCCOCCOCCN.CCc1c2c(nc3ccc(OC(C)(C)C=O)cc13)-c1cc(C(C=O)CC)c(COC)c(=O)n1C2.CN. The van der Waals surface area contributed by atoms with E-state index in [2.05, 4.69) is 12.7 Å². The van der Waals surface area contributed by atoms with Crippen LogP contribution in [0.4, 0.5) is 0 Å². The van der Waals surface area contributed by atoms with E-state index < -0.39 is 5.60 Å². The van der Waals surface area contributed by atoms with E-state index in [0.717, 1.165) is 58.0 Å². The van der Waals surface area contributed by atoms with E-state index in [1.807, 2.05) is 49.4 Å². The molecule has 3 heterocycles. The van der Waals surface area contributed by atoms with Crippen LogP contribution in [0.5, 0.6) is 11.5 Å². The van der Waals surface area contributed by atoms with Gasteiger partial charge in [-0.25, -0.2) is 4.98 Å². The summed E-state index contributed by atoms with van der Waals surface area (Å²) in [6.45, 7) is 16.0. The highest BCUT2D eigenvalue weighted by molar-refractivity contribution is 5.98. The van der Waals surface area contributed by atoms with E-state index >= 15 is 0 Å². The largest absolute Gasteiger partial charge is 0.490 e. The number of methoxy groups -OCH3 is 1. The van der Waals surface area contributed by atoms with Crippen molar-refractivity contribution in [3.8, 4) is 22.9 Å². The van der Waals surface area contributed by atoms with Crippen molar-refractivity contribution in [2.75, 3.05) is 93.4 Å². The molecule has 0 radical (unpaired) electrons. The molecular formula is C48H69N5O11. The summed E-state index contributed by atoms with van der Waals surface area (Å²) in [5, 5.41) is 8.67. The molecule has 4 aromatic rings. The first-order valence-electron chi connectivity index (χ1n) is 21.8. The number of hydrogen-bond acceptors (Lipinski definition) is 15. The van der Waals surface area contributed by atoms with Crippen LogP contribution in [-0.2, 0) is 57.6 Å². The summed E-state index contributed by atoms with van der Waals surface area (Å²) in [4.78, 5) is 41.5. The lowest BCUT2D eigenvalue weighted by atomic mass is 9.93. The van der Waals surface area contributed by atoms with Crippen molar-refractivity contribution < 1.29 is 47.5 Å². The van der Waals surface area contributed by atoms with E-state index in [4.69, 9.17) is 54.0 Å². The monoisotopic (exact) mass is 891 g/mol. The normalized spacial score (nSPS) is 12.0. The molecule has 5 rings (SSSR count). The zero-order valence-corrected chi connectivity index (χ0v) is 38.7. The van der Waals surface area contributed by atoms with Gasteiger partial charge in [0.05, 0.1) is 96.1 Å². The van der Waals surface area contributed by atoms with Crippen LogP contribution >= 0.6 is 0 Å². The van der Waals surface area contributed by atoms with Crippen molar-refractivity contribution in [2.45, 2.75) is 72.1 Å². The molecule has 0 fully saturated rings. The van der Waals surface area contributed by atoms with Crippen molar-refractivity contribution in [2.24, 2.45) is 11.5 Å². The first kappa shape index (κ1) is 53.4. The van der Waals surface area contributed by atoms with Gasteiger partial charge in [-0.3, -0.25) is 9.59 Å². The number of aldehydes is 2. The maximum Gasteiger partial charge on any atom is 0.257 e. The fraction of sp³-hybridized carbons (Fsp3) is 0.521. The van der Waals surface area contributed by atoms with Crippen LogP contribution in [0, 0.1) is 5.41 Å². The average molecular weight is 892 g/mol. The van der Waals surface area contributed by atoms with E-state index in [1.54, 1.807) is 38.5 Å². The first-order chi connectivity index (χ1) is 31.0. The molecule has 0 amide bonds. The summed E-state index contributed by atoms with van der Waals surface area (Å²) in [5.74, 6) is 0.925. The van der Waals surface area contributed by atoms with Crippen LogP contribution in [0.2, 0.25) is 0 Å². The lowest BCUT2D eigenvalue weighted by Crippen LogP contribution is -2.29. The number of ether oxygens (including phenoxy) is 8. The van der Waals surface area contributed by atoms with Gasteiger partial charge in [-0.1, -0.05) is 26.0 Å². The predicted molar refractivity (Wildman–Crippen MR) is 248 cm³/mol. The maximum absolute atomic E-state index is 13.5. The zero-order chi connectivity index (χ0) is 46.9. The lowest BCUT2D eigenvalue weighted by Gasteiger charge is -2.20. The van der Waals surface area contributed by atoms with Crippen LogP contribution in [0.25, 0.3) is 22.3 Å². The number of carbonyl (C=O) groups excluding carboxylic acids is 2. The molecule has 0 spiro atoms. The smallest absolute Gasteiger partial charge is 0.257 e. The number of hydrogen-bond donors (Lipinski definition) is 3. The Hall–Kier alpha value is -4.91. The van der Waals surface area contributed by atoms with Crippen LogP contribution in [-0.4, -0.2) is 127 Å². The van der Waals surface area contributed by atoms with Gasteiger partial charge in [0.2, 0.25) is 0 Å². The van der Waals surface area contributed by atoms with E-state index in [1.165, 1.54) is 7.05 Å². The van der Waals surface area contributed by atoms with Gasteiger partial charge in [0.15, 0.2) is 11.9 Å². The van der Waals surface area contributed by atoms with Crippen molar-refractivity contribution >= 4 is 29.2 Å². The summed E-state index contributed by atoms with van der Waals surface area (Å²) in [6, 6.07) is 15.1. The van der Waals surface area contributed by atoms with Crippen molar-refractivity contribution in [1.82, 2.24) is 9.55 Å². The second kappa shape index (κ2) is 28.8. The number of rotatable bonds is 28.